The van der Waals surface area contributed by atoms with Gasteiger partial charge in [0.05, 0.1) is 5.56 Å². The fraction of sp³-hybridized carbons (Fsp3) is 0.364. The smallest absolute Gasteiger partial charge is 0.256 e. The van der Waals surface area contributed by atoms with Gasteiger partial charge in [-0.3, -0.25) is 4.79 Å². The highest BCUT2D eigenvalue weighted by Gasteiger charge is 2.17. The quantitative estimate of drug-likeness (QED) is 0.752. The second-order valence-electron chi connectivity index (χ2n) is 3.59. The normalized spacial score (nSPS) is 12.3. The van der Waals surface area contributed by atoms with Crippen molar-refractivity contribution in [1.82, 2.24) is 4.90 Å². The molecule has 16 heavy (non-hydrogen) atoms. The van der Waals surface area contributed by atoms with Crippen LogP contribution in [-0.4, -0.2) is 29.8 Å². The predicted molar refractivity (Wildman–Crippen MR) is 58.6 cm³/mol. The Labute approximate surface area is 97.8 Å². The summed E-state index contributed by atoms with van der Waals surface area (Å²) < 4.78 is 26.1. The first kappa shape index (κ1) is 12.9. The lowest BCUT2D eigenvalue weighted by molar-refractivity contribution is 0.0791. The lowest BCUT2D eigenvalue weighted by atomic mass is 10.2. The van der Waals surface area contributed by atoms with Crippen molar-refractivity contribution in [2.45, 2.75) is 12.3 Å². The lowest BCUT2D eigenvalue weighted by Gasteiger charge is -2.18. The molecule has 0 radical (unpaired) electrons. The van der Waals surface area contributed by atoms with Gasteiger partial charge in [-0.1, -0.05) is 0 Å². The minimum absolute atomic E-state index is 0.245. The van der Waals surface area contributed by atoms with E-state index in [-0.39, 0.29) is 17.5 Å². The summed E-state index contributed by atoms with van der Waals surface area (Å²) in [5.41, 5.74) is -0.278. The Kier molecular flexibility index (Phi) is 4.24. The van der Waals surface area contributed by atoms with E-state index in [9.17, 15) is 13.6 Å². The molecule has 0 aliphatic rings. The molecule has 1 aromatic carbocycles. The van der Waals surface area contributed by atoms with Crippen molar-refractivity contribution in [3.8, 4) is 0 Å². The molecule has 1 aromatic rings. The largest absolute Gasteiger partial charge is 0.340 e. The van der Waals surface area contributed by atoms with Crippen molar-refractivity contribution in [2.24, 2.45) is 0 Å². The van der Waals surface area contributed by atoms with E-state index >= 15 is 0 Å². The van der Waals surface area contributed by atoms with Crippen molar-refractivity contribution >= 4 is 17.5 Å². The number of carbonyl (C=O) groups excluding carboxylic acids is 1. The SMILES string of the molecule is CC(Cl)CN(C)C(=O)c1cc(F)ccc1F. The van der Waals surface area contributed by atoms with Gasteiger partial charge in [-0.05, 0) is 25.1 Å². The number of alkyl halides is 1. The van der Waals surface area contributed by atoms with Crippen LogP contribution < -0.4 is 0 Å². The number of amides is 1. The average Bonchev–Trinajstić information content (AvgIpc) is 2.19. The van der Waals surface area contributed by atoms with Crippen LogP contribution in [0.15, 0.2) is 18.2 Å². The van der Waals surface area contributed by atoms with Crippen LogP contribution in [0.25, 0.3) is 0 Å². The average molecular weight is 248 g/mol. The van der Waals surface area contributed by atoms with Gasteiger partial charge < -0.3 is 4.90 Å². The van der Waals surface area contributed by atoms with Crippen molar-refractivity contribution in [3.63, 3.8) is 0 Å². The number of nitrogens with zero attached hydrogens (tertiary/aromatic N) is 1. The summed E-state index contributed by atoms with van der Waals surface area (Å²) in [6.07, 6.45) is 0. The van der Waals surface area contributed by atoms with E-state index in [4.69, 9.17) is 11.6 Å². The molecule has 0 saturated heterocycles. The van der Waals surface area contributed by atoms with Crippen LogP contribution >= 0.6 is 11.6 Å². The van der Waals surface area contributed by atoms with Gasteiger partial charge in [-0.25, -0.2) is 8.78 Å². The molecule has 0 N–H and O–H groups in total. The van der Waals surface area contributed by atoms with Crippen molar-refractivity contribution < 1.29 is 13.6 Å². The standard InChI is InChI=1S/C11H12ClF2NO/c1-7(12)6-15(2)11(16)9-5-8(13)3-4-10(9)14/h3-5,7H,6H2,1-2H3. The second kappa shape index (κ2) is 5.25. The van der Waals surface area contributed by atoms with Gasteiger partial charge in [0, 0.05) is 19.0 Å². The van der Waals surface area contributed by atoms with Crippen LogP contribution in [0.1, 0.15) is 17.3 Å². The summed E-state index contributed by atoms with van der Waals surface area (Å²) >= 11 is 5.71. The summed E-state index contributed by atoms with van der Waals surface area (Å²) in [6, 6.07) is 2.78. The molecule has 1 unspecified atom stereocenters. The van der Waals surface area contributed by atoms with Gasteiger partial charge in [0.1, 0.15) is 11.6 Å². The molecule has 0 saturated carbocycles. The molecule has 0 aliphatic carbocycles. The first-order chi connectivity index (χ1) is 7.41. The van der Waals surface area contributed by atoms with E-state index in [2.05, 4.69) is 0 Å². The van der Waals surface area contributed by atoms with E-state index in [1.165, 1.54) is 11.9 Å². The zero-order valence-corrected chi connectivity index (χ0v) is 9.76. The Hall–Kier alpha value is -1.16. The Bertz CT molecular complexity index is 396. The maximum absolute atomic E-state index is 13.3. The number of rotatable bonds is 3. The third kappa shape index (κ3) is 3.17. The zero-order valence-electron chi connectivity index (χ0n) is 9.01. The summed E-state index contributed by atoms with van der Waals surface area (Å²) in [5.74, 6) is -1.96. The van der Waals surface area contributed by atoms with Gasteiger partial charge in [0.25, 0.3) is 5.91 Å². The third-order valence-corrected chi connectivity index (χ3v) is 2.17. The van der Waals surface area contributed by atoms with Crippen LogP contribution in [0.4, 0.5) is 8.78 Å². The van der Waals surface area contributed by atoms with Gasteiger partial charge in [-0.15, -0.1) is 11.6 Å². The van der Waals surface area contributed by atoms with Gasteiger partial charge in [-0.2, -0.15) is 0 Å². The molecule has 0 bridgehead atoms. The molecule has 2 nitrogen and oxygen atoms in total. The van der Waals surface area contributed by atoms with E-state index in [1.54, 1.807) is 6.92 Å². The highest BCUT2D eigenvalue weighted by atomic mass is 35.5. The highest BCUT2D eigenvalue weighted by molar-refractivity contribution is 6.20. The lowest BCUT2D eigenvalue weighted by Crippen LogP contribution is -2.32. The van der Waals surface area contributed by atoms with Crippen LogP contribution in [-0.2, 0) is 0 Å². The fourth-order valence-electron chi connectivity index (χ4n) is 1.33. The minimum atomic E-state index is -0.736. The second-order valence-corrected chi connectivity index (χ2v) is 4.34. The Morgan fingerprint density at radius 1 is 1.50 bits per heavy atom. The summed E-state index contributed by atoms with van der Waals surface area (Å²) in [6.45, 7) is 1.99. The van der Waals surface area contributed by atoms with Crippen molar-refractivity contribution in [3.05, 3.63) is 35.4 Å². The number of benzene rings is 1. The molecule has 1 amide bonds. The molecule has 0 aliphatic heterocycles. The van der Waals surface area contributed by atoms with E-state index in [0.29, 0.717) is 0 Å². The molecule has 1 rings (SSSR count). The van der Waals surface area contributed by atoms with E-state index < -0.39 is 17.5 Å². The van der Waals surface area contributed by atoms with Crippen LogP contribution in [0.5, 0.6) is 0 Å². The number of hydrogen-bond acceptors (Lipinski definition) is 1. The molecular weight excluding hydrogens is 236 g/mol. The first-order valence-corrected chi connectivity index (χ1v) is 5.20. The molecule has 88 valence electrons. The number of hydrogen-bond donors (Lipinski definition) is 0. The fourth-order valence-corrected chi connectivity index (χ4v) is 1.53. The number of carbonyl (C=O) groups is 1. The molecule has 1 atom stereocenters. The Morgan fingerprint density at radius 3 is 2.69 bits per heavy atom. The molecule has 0 aromatic heterocycles. The topological polar surface area (TPSA) is 20.3 Å². The molecule has 5 heteroatoms. The van der Waals surface area contributed by atoms with E-state index in [1.807, 2.05) is 0 Å². The van der Waals surface area contributed by atoms with Crippen LogP contribution in [0.3, 0.4) is 0 Å². The van der Waals surface area contributed by atoms with Crippen LogP contribution in [0.2, 0.25) is 0 Å². The van der Waals surface area contributed by atoms with Gasteiger partial charge in [0.15, 0.2) is 0 Å². The summed E-state index contributed by atoms with van der Waals surface area (Å²) in [5, 5.41) is -0.245. The monoisotopic (exact) mass is 247 g/mol. The first-order valence-electron chi connectivity index (χ1n) is 4.76. The van der Waals surface area contributed by atoms with Crippen molar-refractivity contribution in [2.75, 3.05) is 13.6 Å². The van der Waals surface area contributed by atoms with Gasteiger partial charge in [0.2, 0.25) is 0 Å². The molecule has 0 heterocycles. The van der Waals surface area contributed by atoms with Gasteiger partial charge >= 0.3 is 0 Å². The number of halogens is 3. The predicted octanol–water partition coefficient (Wildman–Crippen LogP) is 2.66. The molecule has 0 spiro atoms. The zero-order chi connectivity index (χ0) is 12.3. The molecular formula is C11H12ClF2NO. The minimum Gasteiger partial charge on any atom is -0.340 e. The highest BCUT2D eigenvalue weighted by Crippen LogP contribution is 2.12. The molecule has 0 fully saturated rings. The maximum Gasteiger partial charge on any atom is 0.256 e. The van der Waals surface area contributed by atoms with Crippen LogP contribution in [0, 0.1) is 11.6 Å². The Balaban J connectivity index is 2.91. The summed E-state index contributed by atoms with van der Waals surface area (Å²) in [4.78, 5) is 13.0. The summed E-state index contributed by atoms with van der Waals surface area (Å²) in [7, 11) is 1.49. The Morgan fingerprint density at radius 2 is 2.12 bits per heavy atom. The third-order valence-electron chi connectivity index (χ3n) is 2.03. The van der Waals surface area contributed by atoms with Crippen molar-refractivity contribution in [1.29, 1.82) is 0 Å². The maximum atomic E-state index is 13.3. The van der Waals surface area contributed by atoms with E-state index in [0.717, 1.165) is 18.2 Å².